The third-order valence-corrected chi connectivity index (χ3v) is 7.32. The van der Waals surface area contributed by atoms with Gasteiger partial charge in [-0.05, 0) is 29.2 Å². The van der Waals surface area contributed by atoms with Gasteiger partial charge in [0.1, 0.15) is 15.1 Å². The van der Waals surface area contributed by atoms with Crippen LogP contribution in [0.4, 0.5) is 0 Å². The van der Waals surface area contributed by atoms with Crippen molar-refractivity contribution in [2.45, 2.75) is 13.0 Å². The van der Waals surface area contributed by atoms with Gasteiger partial charge in [-0.25, -0.2) is 0 Å². The molecule has 0 atom stereocenters. The normalized spacial score (nSPS) is 12.3. The molecule has 4 aromatic rings. The van der Waals surface area contributed by atoms with Gasteiger partial charge in [-0.1, -0.05) is 17.4 Å². The highest BCUT2D eigenvalue weighted by Crippen LogP contribution is 2.38. The van der Waals surface area contributed by atoms with Crippen molar-refractivity contribution in [1.29, 1.82) is 0 Å². The van der Waals surface area contributed by atoms with Gasteiger partial charge < -0.3 is 4.74 Å². The molecule has 0 aliphatic heterocycles. The first-order valence-electron chi connectivity index (χ1n) is 8.90. The maximum atomic E-state index is 11.2. The third kappa shape index (κ3) is 4.32. The van der Waals surface area contributed by atoms with Gasteiger partial charge >= 0.3 is 0 Å². The summed E-state index contributed by atoms with van der Waals surface area (Å²) in [6.45, 7) is 0.478. The van der Waals surface area contributed by atoms with E-state index in [1.165, 1.54) is 0 Å². The third-order valence-electron chi connectivity index (χ3n) is 4.50. The Kier molecular flexibility index (Phi) is 5.64. The van der Waals surface area contributed by atoms with E-state index in [1.807, 2.05) is 41.8 Å². The number of aryl methyl sites for hydroxylation is 1. The summed E-state index contributed by atoms with van der Waals surface area (Å²) < 4.78 is 41.3. The summed E-state index contributed by atoms with van der Waals surface area (Å²) in [7, 11) is -2.33. The number of hydrogen-bond donors (Lipinski definition) is 1. The fraction of sp³-hybridized carbons (Fsp3) is 0.200. The average molecular weight is 448 g/mol. The zero-order valence-corrected chi connectivity index (χ0v) is 18.1. The Morgan fingerprint density at radius 2 is 2.17 bits per heavy atom. The minimum atomic E-state index is -3.99. The van der Waals surface area contributed by atoms with Gasteiger partial charge in [-0.15, -0.1) is 11.3 Å². The molecule has 0 radical (unpaired) electrons. The average Bonchev–Trinajstić information content (AvgIpc) is 3.30. The van der Waals surface area contributed by atoms with Crippen molar-refractivity contribution in [3.8, 4) is 5.75 Å². The van der Waals surface area contributed by atoms with Crippen LogP contribution in [0.3, 0.4) is 0 Å². The predicted molar refractivity (Wildman–Crippen MR) is 118 cm³/mol. The molecule has 3 aromatic heterocycles. The maximum absolute atomic E-state index is 11.2. The predicted octanol–water partition coefficient (Wildman–Crippen LogP) is 4.26. The molecule has 0 spiro atoms. The van der Waals surface area contributed by atoms with Gasteiger partial charge in [-0.3, -0.25) is 9.54 Å². The lowest BCUT2D eigenvalue weighted by atomic mass is 10.2. The van der Waals surface area contributed by atoms with Crippen molar-refractivity contribution >= 4 is 65.2 Å². The first-order valence-corrected chi connectivity index (χ1v) is 12.2. The summed E-state index contributed by atoms with van der Waals surface area (Å²) in [5.41, 5.74) is 2.04. The Bertz CT molecular complexity index is 1290. The number of fused-ring (bicyclic) bond motifs is 3. The topological polar surface area (TPSA) is 80.4 Å². The number of pyridine rings is 1. The minimum absolute atomic E-state index is 0.271. The summed E-state index contributed by atoms with van der Waals surface area (Å²) in [6.07, 6.45) is 7.84. The van der Waals surface area contributed by atoms with Crippen LogP contribution in [-0.2, 0) is 16.7 Å². The number of methoxy groups -OCH3 is 1. The molecule has 4 rings (SSSR count). The van der Waals surface area contributed by atoms with Gasteiger partial charge in [0, 0.05) is 36.3 Å². The summed E-state index contributed by atoms with van der Waals surface area (Å²) >= 11 is 3.25. The quantitative estimate of drug-likeness (QED) is 0.338. The smallest absolute Gasteiger partial charge is 0.265 e. The van der Waals surface area contributed by atoms with Crippen LogP contribution in [0.1, 0.15) is 17.0 Å². The number of ether oxygens (including phenoxy) is 1. The number of rotatable bonds is 7. The highest BCUT2D eigenvalue weighted by atomic mass is 32.2. The van der Waals surface area contributed by atoms with Crippen molar-refractivity contribution in [3.63, 3.8) is 0 Å². The molecule has 9 heteroatoms. The zero-order chi connectivity index (χ0) is 20.4. The van der Waals surface area contributed by atoms with E-state index in [0.717, 1.165) is 36.6 Å². The van der Waals surface area contributed by atoms with E-state index in [1.54, 1.807) is 42.2 Å². The Labute approximate surface area is 176 Å². The van der Waals surface area contributed by atoms with Crippen molar-refractivity contribution < 1.29 is 22.3 Å². The lowest BCUT2D eigenvalue weighted by Gasteiger charge is -2.02. The molecule has 0 aliphatic carbocycles. The van der Waals surface area contributed by atoms with E-state index in [-0.39, 0.29) is 5.75 Å². The molecule has 0 unspecified atom stereocenters. The van der Waals surface area contributed by atoms with Gasteiger partial charge in [-0.2, -0.15) is 13.0 Å². The number of thiophene rings is 1. The number of thiazole rings is 1. The Hall–Kier alpha value is -2.33. The first kappa shape index (κ1) is 20.0. The van der Waals surface area contributed by atoms with Crippen LogP contribution in [0.2, 0.25) is 0 Å². The number of benzene rings is 1. The van der Waals surface area contributed by atoms with Crippen LogP contribution in [0, 0.1) is 0 Å². The number of hydrogen-bond acceptors (Lipinski definition) is 6. The minimum Gasteiger partial charge on any atom is -0.496 e. The van der Waals surface area contributed by atoms with Gasteiger partial charge in [0.25, 0.3) is 15.1 Å². The molecular weight excluding hydrogens is 428 g/mol. The van der Waals surface area contributed by atoms with Crippen molar-refractivity contribution in [2.24, 2.45) is 0 Å². The largest absolute Gasteiger partial charge is 0.496 e. The summed E-state index contributed by atoms with van der Waals surface area (Å²) in [5.74, 6) is 0.551. The van der Waals surface area contributed by atoms with Crippen LogP contribution in [0.15, 0.2) is 42.0 Å². The SMILES string of the molecule is COc1cc2sc(/C=C/c3cccnc3)[n+](CCCS(=O)(=O)O)c2c2sccc12. The van der Waals surface area contributed by atoms with E-state index in [9.17, 15) is 8.42 Å². The lowest BCUT2D eigenvalue weighted by Crippen LogP contribution is -2.36. The molecule has 0 saturated carbocycles. The summed E-state index contributed by atoms with van der Waals surface area (Å²) in [5, 5.41) is 4.05. The van der Waals surface area contributed by atoms with Crippen molar-refractivity contribution in [1.82, 2.24) is 4.98 Å². The molecule has 0 saturated heterocycles. The van der Waals surface area contributed by atoms with E-state index in [4.69, 9.17) is 9.29 Å². The van der Waals surface area contributed by atoms with Gasteiger partial charge in [0.15, 0.2) is 6.54 Å². The second kappa shape index (κ2) is 8.19. The zero-order valence-electron chi connectivity index (χ0n) is 15.6. The van der Waals surface area contributed by atoms with Crippen LogP contribution in [0.25, 0.3) is 32.5 Å². The van der Waals surface area contributed by atoms with Crippen LogP contribution in [0.5, 0.6) is 5.75 Å². The molecule has 0 bridgehead atoms. The van der Waals surface area contributed by atoms with Crippen molar-refractivity contribution in [3.05, 3.63) is 52.6 Å². The second-order valence-corrected chi connectivity index (χ2v) is 9.99. The molecule has 1 N–H and O–H groups in total. The fourth-order valence-electron chi connectivity index (χ4n) is 3.24. The van der Waals surface area contributed by atoms with E-state index in [0.29, 0.717) is 13.0 Å². The molecule has 0 amide bonds. The van der Waals surface area contributed by atoms with Gasteiger partial charge in [0.2, 0.25) is 5.52 Å². The van der Waals surface area contributed by atoms with E-state index < -0.39 is 10.1 Å². The van der Waals surface area contributed by atoms with E-state index in [2.05, 4.69) is 9.55 Å². The summed E-state index contributed by atoms with van der Waals surface area (Å²) in [6, 6.07) is 7.91. The molecule has 3 heterocycles. The fourth-order valence-corrected chi connectivity index (χ4v) is 5.89. The number of nitrogens with zero attached hydrogens (tertiary/aromatic N) is 2. The molecule has 0 aliphatic rings. The number of aromatic nitrogens is 2. The second-order valence-electron chi connectivity index (χ2n) is 6.44. The van der Waals surface area contributed by atoms with Crippen LogP contribution in [-0.4, -0.2) is 30.8 Å². The van der Waals surface area contributed by atoms with Gasteiger partial charge in [0.05, 0.1) is 12.9 Å². The lowest BCUT2D eigenvalue weighted by molar-refractivity contribution is -0.667. The maximum Gasteiger partial charge on any atom is 0.265 e. The Morgan fingerprint density at radius 3 is 2.90 bits per heavy atom. The van der Waals surface area contributed by atoms with Crippen LogP contribution >= 0.6 is 22.7 Å². The first-order chi connectivity index (χ1) is 14.0. The molecule has 29 heavy (non-hydrogen) atoms. The Balaban J connectivity index is 1.84. The molecular formula is C20H19N2O4S3+. The molecule has 6 nitrogen and oxygen atoms in total. The summed E-state index contributed by atoms with van der Waals surface area (Å²) in [4.78, 5) is 4.13. The molecule has 1 aromatic carbocycles. The Morgan fingerprint density at radius 1 is 1.31 bits per heavy atom. The highest BCUT2D eigenvalue weighted by Gasteiger charge is 2.24. The standard InChI is InChI=1S/C20H18N2O4S3/c1-26-16-12-17-19(20-15(16)7-10-27-20)22(9-3-11-29(23,24)25)18(28-17)6-5-14-4-2-8-21-13-14/h2,4-8,10,12-13H,3,9,11H2,1H3/p+1. The molecule has 150 valence electrons. The molecule has 0 fully saturated rings. The highest BCUT2D eigenvalue weighted by molar-refractivity contribution is 7.85. The van der Waals surface area contributed by atoms with E-state index >= 15 is 0 Å². The van der Waals surface area contributed by atoms with Crippen molar-refractivity contribution in [2.75, 3.05) is 12.9 Å². The monoisotopic (exact) mass is 447 g/mol. The van der Waals surface area contributed by atoms with Crippen LogP contribution < -0.4 is 9.30 Å².